The van der Waals surface area contributed by atoms with E-state index >= 15 is 0 Å². The van der Waals surface area contributed by atoms with Crippen LogP contribution >= 0.6 is 0 Å². The van der Waals surface area contributed by atoms with Crippen molar-refractivity contribution in [2.45, 2.75) is 26.3 Å². The number of hydrogen-bond acceptors (Lipinski definition) is 3. The molecular formula is C16H22N2O. The van der Waals surface area contributed by atoms with Gasteiger partial charge in [-0.05, 0) is 51.1 Å². The van der Waals surface area contributed by atoms with Crippen molar-refractivity contribution in [2.24, 2.45) is 0 Å². The van der Waals surface area contributed by atoms with Crippen LogP contribution in [0.2, 0.25) is 0 Å². The molecular weight excluding hydrogens is 236 g/mol. The first-order chi connectivity index (χ1) is 9.24. The highest BCUT2D eigenvalue weighted by Gasteiger charge is 2.09. The Labute approximate surface area is 115 Å². The van der Waals surface area contributed by atoms with E-state index in [0.29, 0.717) is 6.04 Å². The molecule has 0 amide bonds. The van der Waals surface area contributed by atoms with Gasteiger partial charge in [-0.15, -0.1) is 0 Å². The van der Waals surface area contributed by atoms with Crippen molar-refractivity contribution >= 4 is 10.9 Å². The van der Waals surface area contributed by atoms with Crippen molar-refractivity contribution in [1.29, 1.82) is 0 Å². The summed E-state index contributed by atoms with van der Waals surface area (Å²) in [6.07, 6.45) is 0.981. The third kappa shape index (κ3) is 3.52. The van der Waals surface area contributed by atoms with Gasteiger partial charge in [0.1, 0.15) is 0 Å². The maximum absolute atomic E-state index is 5.44. The highest BCUT2D eigenvalue weighted by Crippen LogP contribution is 2.21. The van der Waals surface area contributed by atoms with Gasteiger partial charge >= 0.3 is 0 Å². The lowest BCUT2D eigenvalue weighted by atomic mass is 10.0. The Bertz CT molecular complexity index is 539. The molecule has 102 valence electrons. The summed E-state index contributed by atoms with van der Waals surface area (Å²) in [7, 11) is 1.99. The number of pyridine rings is 1. The maximum Gasteiger partial charge on any atom is 0.0705 e. The van der Waals surface area contributed by atoms with Crippen molar-refractivity contribution in [2.75, 3.05) is 20.3 Å². The molecule has 1 aromatic carbocycles. The summed E-state index contributed by atoms with van der Waals surface area (Å²) < 4.78 is 5.44. The van der Waals surface area contributed by atoms with Gasteiger partial charge in [-0.1, -0.05) is 12.1 Å². The van der Waals surface area contributed by atoms with Gasteiger partial charge in [-0.2, -0.15) is 0 Å². The molecule has 0 bridgehead atoms. The molecule has 2 rings (SSSR count). The van der Waals surface area contributed by atoms with E-state index < -0.39 is 0 Å². The fraction of sp³-hybridized carbons (Fsp3) is 0.438. The molecule has 0 aliphatic carbocycles. The number of fused-ring (bicyclic) bond motifs is 1. The zero-order valence-corrected chi connectivity index (χ0v) is 11.9. The Morgan fingerprint density at radius 1 is 1.26 bits per heavy atom. The number of nitrogens with one attached hydrogen (secondary N) is 1. The molecule has 0 saturated heterocycles. The minimum absolute atomic E-state index is 0.331. The minimum Gasteiger partial charge on any atom is -0.382 e. The summed E-state index contributed by atoms with van der Waals surface area (Å²) in [5, 5.41) is 4.55. The molecule has 0 saturated carbocycles. The number of hydrogen-bond donors (Lipinski definition) is 1. The maximum atomic E-state index is 5.44. The molecule has 2 aromatic rings. The van der Waals surface area contributed by atoms with Crippen LogP contribution in [0, 0.1) is 6.92 Å². The predicted molar refractivity (Wildman–Crippen MR) is 79.4 cm³/mol. The van der Waals surface area contributed by atoms with Gasteiger partial charge in [0.2, 0.25) is 0 Å². The number of rotatable bonds is 6. The van der Waals surface area contributed by atoms with Crippen LogP contribution in [-0.4, -0.2) is 25.2 Å². The molecule has 19 heavy (non-hydrogen) atoms. The first-order valence-electron chi connectivity index (χ1n) is 6.87. The van der Waals surface area contributed by atoms with E-state index in [0.717, 1.165) is 30.8 Å². The molecule has 0 fully saturated rings. The van der Waals surface area contributed by atoms with Gasteiger partial charge in [0, 0.05) is 30.3 Å². The number of nitrogens with zero attached hydrogens (tertiary/aromatic N) is 1. The monoisotopic (exact) mass is 258 g/mol. The van der Waals surface area contributed by atoms with Gasteiger partial charge in [0.15, 0.2) is 0 Å². The van der Waals surface area contributed by atoms with Crippen molar-refractivity contribution in [3.63, 3.8) is 0 Å². The number of aromatic nitrogens is 1. The van der Waals surface area contributed by atoms with Crippen molar-refractivity contribution in [3.05, 3.63) is 41.6 Å². The molecule has 1 aromatic heterocycles. The SMILES string of the molecule is CCOCCC(NC)c1ccc2nc(C)ccc2c1. The summed E-state index contributed by atoms with van der Waals surface area (Å²) in [6.45, 7) is 5.60. The fourth-order valence-electron chi connectivity index (χ4n) is 2.29. The zero-order chi connectivity index (χ0) is 13.7. The number of benzene rings is 1. The molecule has 3 heteroatoms. The zero-order valence-electron chi connectivity index (χ0n) is 11.9. The standard InChI is InChI=1S/C16H22N2O/c1-4-19-10-9-15(17-3)13-7-8-16-14(11-13)6-5-12(2)18-16/h5-8,11,15,17H,4,9-10H2,1-3H3. The fourth-order valence-corrected chi connectivity index (χ4v) is 2.29. The van der Waals surface area contributed by atoms with Crippen LogP contribution in [0.15, 0.2) is 30.3 Å². The number of aryl methyl sites for hydroxylation is 1. The molecule has 1 unspecified atom stereocenters. The summed E-state index contributed by atoms with van der Waals surface area (Å²) in [5.74, 6) is 0. The lowest BCUT2D eigenvalue weighted by molar-refractivity contribution is 0.137. The second kappa shape index (κ2) is 6.64. The Morgan fingerprint density at radius 3 is 2.84 bits per heavy atom. The Morgan fingerprint density at radius 2 is 2.11 bits per heavy atom. The molecule has 0 radical (unpaired) electrons. The molecule has 1 atom stereocenters. The van der Waals surface area contributed by atoms with E-state index in [-0.39, 0.29) is 0 Å². The van der Waals surface area contributed by atoms with Crippen molar-refractivity contribution < 1.29 is 4.74 Å². The highest BCUT2D eigenvalue weighted by molar-refractivity contribution is 5.79. The van der Waals surface area contributed by atoms with Crippen LogP contribution in [-0.2, 0) is 4.74 Å². The third-order valence-corrected chi connectivity index (χ3v) is 3.36. The van der Waals surface area contributed by atoms with E-state index in [1.54, 1.807) is 0 Å². The second-order valence-electron chi connectivity index (χ2n) is 4.73. The smallest absolute Gasteiger partial charge is 0.0705 e. The van der Waals surface area contributed by atoms with E-state index in [9.17, 15) is 0 Å². The molecule has 0 aliphatic heterocycles. The van der Waals surface area contributed by atoms with Gasteiger partial charge < -0.3 is 10.1 Å². The molecule has 1 N–H and O–H groups in total. The van der Waals surface area contributed by atoms with Crippen LogP contribution in [0.5, 0.6) is 0 Å². The van der Waals surface area contributed by atoms with Crippen molar-refractivity contribution in [1.82, 2.24) is 10.3 Å². The Kier molecular flexibility index (Phi) is 4.88. The van der Waals surface area contributed by atoms with Gasteiger partial charge in [0.05, 0.1) is 5.52 Å². The third-order valence-electron chi connectivity index (χ3n) is 3.36. The highest BCUT2D eigenvalue weighted by atomic mass is 16.5. The quantitative estimate of drug-likeness (QED) is 0.808. The van der Waals surface area contributed by atoms with Crippen LogP contribution in [0.25, 0.3) is 10.9 Å². The van der Waals surface area contributed by atoms with E-state index in [1.807, 2.05) is 20.9 Å². The van der Waals surface area contributed by atoms with E-state index in [2.05, 4.69) is 40.6 Å². The second-order valence-corrected chi connectivity index (χ2v) is 4.73. The molecule has 0 aliphatic rings. The Hall–Kier alpha value is -1.45. The van der Waals surface area contributed by atoms with E-state index in [4.69, 9.17) is 4.74 Å². The molecule has 0 spiro atoms. The summed E-state index contributed by atoms with van der Waals surface area (Å²) in [5.41, 5.74) is 3.41. The molecule has 1 heterocycles. The van der Waals surface area contributed by atoms with Crippen LogP contribution in [0.4, 0.5) is 0 Å². The largest absolute Gasteiger partial charge is 0.382 e. The average molecular weight is 258 g/mol. The average Bonchev–Trinajstić information content (AvgIpc) is 2.43. The molecule has 3 nitrogen and oxygen atoms in total. The summed E-state index contributed by atoms with van der Waals surface area (Å²) in [4.78, 5) is 4.53. The summed E-state index contributed by atoms with van der Waals surface area (Å²) >= 11 is 0. The topological polar surface area (TPSA) is 34.1 Å². The summed E-state index contributed by atoms with van der Waals surface area (Å²) in [6, 6.07) is 11.0. The first kappa shape index (κ1) is 14.0. The lowest BCUT2D eigenvalue weighted by Crippen LogP contribution is -2.18. The van der Waals surface area contributed by atoms with E-state index in [1.165, 1.54) is 10.9 Å². The first-order valence-corrected chi connectivity index (χ1v) is 6.87. The van der Waals surface area contributed by atoms with Crippen LogP contribution in [0.1, 0.15) is 30.6 Å². The van der Waals surface area contributed by atoms with Crippen LogP contribution < -0.4 is 5.32 Å². The predicted octanol–water partition coefficient (Wildman–Crippen LogP) is 3.23. The van der Waals surface area contributed by atoms with Crippen molar-refractivity contribution in [3.8, 4) is 0 Å². The van der Waals surface area contributed by atoms with Gasteiger partial charge in [-0.25, -0.2) is 0 Å². The minimum atomic E-state index is 0.331. The Balaban J connectivity index is 2.20. The van der Waals surface area contributed by atoms with Gasteiger partial charge in [-0.3, -0.25) is 4.98 Å². The van der Waals surface area contributed by atoms with Gasteiger partial charge in [0.25, 0.3) is 0 Å². The van der Waals surface area contributed by atoms with Crippen LogP contribution in [0.3, 0.4) is 0 Å². The lowest BCUT2D eigenvalue weighted by Gasteiger charge is -2.17. The number of ether oxygens (including phenoxy) is 1. The normalized spacial score (nSPS) is 12.8.